The lowest BCUT2D eigenvalue weighted by molar-refractivity contribution is 0.174. The number of hydrogen-bond acceptors (Lipinski definition) is 3. The summed E-state index contributed by atoms with van der Waals surface area (Å²) in [5, 5.41) is 5.85. The molecule has 2 amide bonds. The molecule has 1 aliphatic carbocycles. The zero-order valence-electron chi connectivity index (χ0n) is 10.8. The van der Waals surface area contributed by atoms with Crippen LogP contribution in [-0.4, -0.2) is 18.9 Å². The zero-order valence-corrected chi connectivity index (χ0v) is 10.8. The molecule has 1 fully saturated rings. The number of hydrogen-bond donors (Lipinski definition) is 2. The number of benzene rings is 1. The topological polar surface area (TPSA) is 59.6 Å². The van der Waals surface area contributed by atoms with Crippen LogP contribution in [0.3, 0.4) is 0 Å². The summed E-state index contributed by atoms with van der Waals surface area (Å²) in [5.74, 6) is 1.40. The number of anilines is 1. The van der Waals surface area contributed by atoms with Gasteiger partial charge in [0.15, 0.2) is 11.5 Å². The van der Waals surface area contributed by atoms with Crippen LogP contribution >= 0.6 is 0 Å². The zero-order chi connectivity index (χ0) is 13.1. The number of fused-ring (bicyclic) bond motifs is 1. The average Bonchev–Trinajstić information content (AvgIpc) is 2.87. The van der Waals surface area contributed by atoms with Crippen LogP contribution in [0.2, 0.25) is 0 Å². The SMILES string of the molecule is O=C(Nc1ccc2c(c1)OCO2)NC1CCCCC1. The van der Waals surface area contributed by atoms with Gasteiger partial charge in [0.25, 0.3) is 0 Å². The Morgan fingerprint density at radius 2 is 1.89 bits per heavy atom. The second-order valence-electron chi connectivity index (χ2n) is 5.00. The van der Waals surface area contributed by atoms with Gasteiger partial charge in [-0.25, -0.2) is 4.79 Å². The molecule has 0 saturated heterocycles. The number of amides is 2. The minimum Gasteiger partial charge on any atom is -0.454 e. The van der Waals surface area contributed by atoms with Crippen molar-refractivity contribution < 1.29 is 14.3 Å². The first-order chi connectivity index (χ1) is 9.31. The van der Waals surface area contributed by atoms with Crippen molar-refractivity contribution >= 4 is 11.7 Å². The van der Waals surface area contributed by atoms with Crippen LogP contribution in [-0.2, 0) is 0 Å². The Morgan fingerprint density at radius 3 is 2.74 bits per heavy atom. The van der Waals surface area contributed by atoms with Gasteiger partial charge in [0.2, 0.25) is 6.79 Å². The standard InChI is InChI=1S/C14H18N2O3/c17-14(15-10-4-2-1-3-5-10)16-11-6-7-12-13(8-11)19-9-18-12/h6-8,10H,1-5,9H2,(H2,15,16,17). The lowest BCUT2D eigenvalue weighted by atomic mass is 9.96. The molecule has 1 heterocycles. The minimum absolute atomic E-state index is 0.147. The summed E-state index contributed by atoms with van der Waals surface area (Å²) < 4.78 is 10.5. The van der Waals surface area contributed by atoms with Crippen molar-refractivity contribution in [3.8, 4) is 11.5 Å². The Bertz CT molecular complexity index is 470. The van der Waals surface area contributed by atoms with Crippen LogP contribution in [0.25, 0.3) is 0 Å². The average molecular weight is 262 g/mol. The van der Waals surface area contributed by atoms with Crippen molar-refractivity contribution in [2.75, 3.05) is 12.1 Å². The first-order valence-electron chi connectivity index (χ1n) is 6.78. The quantitative estimate of drug-likeness (QED) is 0.861. The van der Waals surface area contributed by atoms with Crippen LogP contribution in [0.1, 0.15) is 32.1 Å². The lowest BCUT2D eigenvalue weighted by Crippen LogP contribution is -2.38. The molecule has 2 N–H and O–H groups in total. The lowest BCUT2D eigenvalue weighted by Gasteiger charge is -2.22. The van der Waals surface area contributed by atoms with Gasteiger partial charge in [0.1, 0.15) is 0 Å². The van der Waals surface area contributed by atoms with E-state index in [-0.39, 0.29) is 12.8 Å². The summed E-state index contributed by atoms with van der Waals surface area (Å²) in [6.45, 7) is 0.243. The Hall–Kier alpha value is -1.91. The molecule has 0 atom stereocenters. The summed E-state index contributed by atoms with van der Waals surface area (Å²) in [4.78, 5) is 11.9. The van der Waals surface area contributed by atoms with Crippen molar-refractivity contribution in [2.24, 2.45) is 0 Å². The molecule has 1 aromatic rings. The second kappa shape index (κ2) is 5.38. The fraction of sp³-hybridized carbons (Fsp3) is 0.500. The smallest absolute Gasteiger partial charge is 0.319 e. The summed E-state index contributed by atoms with van der Waals surface area (Å²) in [6, 6.07) is 5.56. The molecule has 3 rings (SSSR count). The molecule has 19 heavy (non-hydrogen) atoms. The predicted octanol–water partition coefficient (Wildman–Crippen LogP) is 2.87. The fourth-order valence-corrected chi connectivity index (χ4v) is 2.57. The maximum atomic E-state index is 11.9. The molecule has 1 aromatic carbocycles. The monoisotopic (exact) mass is 262 g/mol. The van der Waals surface area contributed by atoms with E-state index >= 15 is 0 Å². The van der Waals surface area contributed by atoms with Crippen LogP contribution in [0.4, 0.5) is 10.5 Å². The molecule has 0 radical (unpaired) electrons. The molecule has 0 unspecified atom stereocenters. The molecule has 0 bridgehead atoms. The van der Waals surface area contributed by atoms with E-state index in [2.05, 4.69) is 10.6 Å². The Kier molecular flexibility index (Phi) is 3.44. The first kappa shape index (κ1) is 12.1. The predicted molar refractivity (Wildman–Crippen MR) is 71.6 cm³/mol. The molecule has 1 aliphatic heterocycles. The van der Waals surface area contributed by atoms with Gasteiger partial charge in [0.05, 0.1) is 0 Å². The number of nitrogens with one attached hydrogen (secondary N) is 2. The number of rotatable bonds is 2. The van der Waals surface area contributed by atoms with E-state index in [4.69, 9.17) is 9.47 Å². The van der Waals surface area contributed by atoms with E-state index in [9.17, 15) is 4.79 Å². The van der Waals surface area contributed by atoms with Gasteiger partial charge in [-0.2, -0.15) is 0 Å². The Morgan fingerprint density at radius 1 is 1.11 bits per heavy atom. The van der Waals surface area contributed by atoms with Crippen molar-refractivity contribution in [3.63, 3.8) is 0 Å². The van der Waals surface area contributed by atoms with E-state index in [0.717, 1.165) is 24.3 Å². The van der Waals surface area contributed by atoms with Crippen molar-refractivity contribution in [1.82, 2.24) is 5.32 Å². The summed E-state index contributed by atoms with van der Waals surface area (Å²) >= 11 is 0. The van der Waals surface area contributed by atoms with E-state index in [1.807, 2.05) is 6.07 Å². The molecule has 1 saturated carbocycles. The third-order valence-corrected chi connectivity index (χ3v) is 3.57. The fourth-order valence-electron chi connectivity index (χ4n) is 2.57. The normalized spacial score (nSPS) is 18.1. The van der Waals surface area contributed by atoms with Gasteiger partial charge < -0.3 is 20.1 Å². The maximum Gasteiger partial charge on any atom is 0.319 e. The highest BCUT2D eigenvalue weighted by Gasteiger charge is 2.17. The highest BCUT2D eigenvalue weighted by Crippen LogP contribution is 2.34. The second-order valence-corrected chi connectivity index (χ2v) is 5.00. The van der Waals surface area contributed by atoms with Gasteiger partial charge in [0, 0.05) is 17.8 Å². The molecular formula is C14H18N2O3. The highest BCUT2D eigenvalue weighted by molar-refractivity contribution is 5.89. The summed E-state index contributed by atoms with van der Waals surface area (Å²) in [5.41, 5.74) is 0.720. The Balaban J connectivity index is 1.56. The number of carbonyl (C=O) groups is 1. The molecular weight excluding hydrogens is 244 g/mol. The van der Waals surface area contributed by atoms with Gasteiger partial charge in [-0.15, -0.1) is 0 Å². The Labute approximate surface area is 112 Å². The van der Waals surface area contributed by atoms with Gasteiger partial charge in [-0.1, -0.05) is 19.3 Å². The molecule has 0 spiro atoms. The molecule has 2 aliphatic rings. The van der Waals surface area contributed by atoms with Crippen molar-refractivity contribution in [1.29, 1.82) is 0 Å². The van der Waals surface area contributed by atoms with Gasteiger partial charge in [-0.3, -0.25) is 0 Å². The van der Waals surface area contributed by atoms with E-state index < -0.39 is 0 Å². The number of carbonyl (C=O) groups excluding carboxylic acids is 1. The number of urea groups is 1. The molecule has 5 heteroatoms. The summed E-state index contributed by atoms with van der Waals surface area (Å²) in [7, 11) is 0. The van der Waals surface area contributed by atoms with Gasteiger partial charge >= 0.3 is 6.03 Å². The highest BCUT2D eigenvalue weighted by atomic mass is 16.7. The van der Waals surface area contributed by atoms with E-state index in [0.29, 0.717) is 11.8 Å². The number of ether oxygens (including phenoxy) is 2. The third kappa shape index (κ3) is 2.92. The van der Waals surface area contributed by atoms with Crippen LogP contribution < -0.4 is 20.1 Å². The largest absolute Gasteiger partial charge is 0.454 e. The van der Waals surface area contributed by atoms with E-state index in [1.165, 1.54) is 19.3 Å². The van der Waals surface area contributed by atoms with Crippen LogP contribution in [0.5, 0.6) is 11.5 Å². The minimum atomic E-state index is -0.147. The summed E-state index contributed by atoms with van der Waals surface area (Å²) in [6.07, 6.45) is 5.84. The van der Waals surface area contributed by atoms with E-state index in [1.54, 1.807) is 12.1 Å². The molecule has 0 aromatic heterocycles. The van der Waals surface area contributed by atoms with Crippen molar-refractivity contribution in [2.45, 2.75) is 38.1 Å². The van der Waals surface area contributed by atoms with Crippen LogP contribution in [0.15, 0.2) is 18.2 Å². The van der Waals surface area contributed by atoms with Gasteiger partial charge in [-0.05, 0) is 25.0 Å². The molecule has 102 valence electrons. The van der Waals surface area contributed by atoms with Crippen LogP contribution in [0, 0.1) is 0 Å². The van der Waals surface area contributed by atoms with Crippen molar-refractivity contribution in [3.05, 3.63) is 18.2 Å². The maximum absolute atomic E-state index is 11.9. The first-order valence-corrected chi connectivity index (χ1v) is 6.78. The molecule has 5 nitrogen and oxygen atoms in total. The third-order valence-electron chi connectivity index (χ3n) is 3.57.